The second-order valence-electron chi connectivity index (χ2n) is 7.41. The van der Waals surface area contributed by atoms with Crippen LogP contribution in [0.25, 0.3) is 10.6 Å². The summed E-state index contributed by atoms with van der Waals surface area (Å²) in [6, 6.07) is 15.6. The van der Waals surface area contributed by atoms with Crippen molar-refractivity contribution in [1.82, 2.24) is 10.3 Å². The highest BCUT2D eigenvalue weighted by Crippen LogP contribution is 2.30. The molecule has 6 nitrogen and oxygen atoms in total. The molecule has 1 saturated heterocycles. The largest absolute Gasteiger partial charge is 0.493 e. The second kappa shape index (κ2) is 9.94. The summed E-state index contributed by atoms with van der Waals surface area (Å²) >= 11 is 1.40. The van der Waals surface area contributed by atoms with Crippen LogP contribution in [0, 0.1) is 6.92 Å². The zero-order valence-corrected chi connectivity index (χ0v) is 18.5. The molecule has 3 aromatic rings. The number of carbonyl (C=O) groups is 1. The summed E-state index contributed by atoms with van der Waals surface area (Å²) < 4.78 is 17.0. The maximum absolute atomic E-state index is 12.7. The minimum Gasteiger partial charge on any atom is -0.493 e. The van der Waals surface area contributed by atoms with Gasteiger partial charge in [0.1, 0.15) is 16.5 Å². The van der Waals surface area contributed by atoms with E-state index < -0.39 is 0 Å². The molecule has 0 bridgehead atoms. The van der Waals surface area contributed by atoms with E-state index in [1.807, 2.05) is 55.5 Å². The zero-order chi connectivity index (χ0) is 21.6. The molecule has 1 atom stereocenters. The molecule has 0 radical (unpaired) electrons. The van der Waals surface area contributed by atoms with Crippen LogP contribution in [0.15, 0.2) is 48.5 Å². The SMILES string of the molecule is COc1cc(CNC(=O)c2sc(-c3ccccc3)nc2C)ccc1OCC1CCCO1. The number of hydrogen-bond acceptors (Lipinski definition) is 6. The van der Waals surface area contributed by atoms with Crippen molar-refractivity contribution >= 4 is 17.2 Å². The molecule has 1 unspecified atom stereocenters. The van der Waals surface area contributed by atoms with Crippen molar-refractivity contribution < 1.29 is 19.0 Å². The summed E-state index contributed by atoms with van der Waals surface area (Å²) in [5.41, 5.74) is 2.68. The van der Waals surface area contributed by atoms with Crippen LogP contribution in [0.3, 0.4) is 0 Å². The Balaban J connectivity index is 1.38. The van der Waals surface area contributed by atoms with Crippen molar-refractivity contribution in [2.75, 3.05) is 20.3 Å². The van der Waals surface area contributed by atoms with E-state index in [9.17, 15) is 4.79 Å². The van der Waals surface area contributed by atoms with E-state index in [-0.39, 0.29) is 12.0 Å². The molecule has 0 spiro atoms. The molecule has 1 amide bonds. The van der Waals surface area contributed by atoms with Crippen LogP contribution in [0.2, 0.25) is 0 Å². The number of nitrogens with one attached hydrogen (secondary N) is 1. The molecule has 1 aliphatic heterocycles. The van der Waals surface area contributed by atoms with E-state index in [2.05, 4.69) is 10.3 Å². The molecule has 2 heterocycles. The number of methoxy groups -OCH3 is 1. The molecule has 4 rings (SSSR count). The number of amides is 1. The van der Waals surface area contributed by atoms with E-state index in [1.165, 1.54) is 11.3 Å². The van der Waals surface area contributed by atoms with Crippen LogP contribution in [0.5, 0.6) is 11.5 Å². The first kappa shape index (κ1) is 21.3. The Hall–Kier alpha value is -2.90. The molecule has 2 aromatic carbocycles. The molecule has 0 saturated carbocycles. The monoisotopic (exact) mass is 438 g/mol. The van der Waals surface area contributed by atoms with Gasteiger partial charge in [0, 0.05) is 18.7 Å². The van der Waals surface area contributed by atoms with E-state index >= 15 is 0 Å². The summed E-state index contributed by atoms with van der Waals surface area (Å²) in [6.07, 6.45) is 2.25. The Morgan fingerprint density at radius 2 is 2.06 bits per heavy atom. The van der Waals surface area contributed by atoms with Crippen molar-refractivity contribution in [3.8, 4) is 22.1 Å². The van der Waals surface area contributed by atoms with Crippen LogP contribution in [-0.2, 0) is 11.3 Å². The highest BCUT2D eigenvalue weighted by Gasteiger charge is 2.18. The number of nitrogens with zero attached hydrogens (tertiary/aromatic N) is 1. The maximum Gasteiger partial charge on any atom is 0.263 e. The van der Waals surface area contributed by atoms with Crippen molar-refractivity contribution in [3.05, 3.63) is 64.7 Å². The number of carbonyl (C=O) groups excluding carboxylic acids is 1. The first-order valence-electron chi connectivity index (χ1n) is 10.4. The van der Waals surface area contributed by atoms with Gasteiger partial charge in [-0.25, -0.2) is 4.98 Å². The Labute approximate surface area is 186 Å². The van der Waals surface area contributed by atoms with Gasteiger partial charge in [-0.2, -0.15) is 0 Å². The van der Waals surface area contributed by atoms with Crippen molar-refractivity contribution in [1.29, 1.82) is 0 Å². The van der Waals surface area contributed by atoms with E-state index in [0.717, 1.165) is 41.3 Å². The molecular weight excluding hydrogens is 412 g/mol. The van der Waals surface area contributed by atoms with Crippen LogP contribution in [0.4, 0.5) is 0 Å². The Bertz CT molecular complexity index is 1030. The molecule has 31 heavy (non-hydrogen) atoms. The summed E-state index contributed by atoms with van der Waals surface area (Å²) in [5.74, 6) is 1.19. The summed E-state index contributed by atoms with van der Waals surface area (Å²) in [7, 11) is 1.61. The summed E-state index contributed by atoms with van der Waals surface area (Å²) in [6.45, 7) is 3.57. The van der Waals surface area contributed by atoms with Gasteiger partial charge in [-0.1, -0.05) is 36.4 Å². The molecular formula is C24H26N2O4S. The van der Waals surface area contributed by atoms with Gasteiger partial charge < -0.3 is 19.5 Å². The smallest absolute Gasteiger partial charge is 0.263 e. The fourth-order valence-electron chi connectivity index (χ4n) is 3.47. The molecule has 1 fully saturated rings. The van der Waals surface area contributed by atoms with Crippen molar-refractivity contribution in [3.63, 3.8) is 0 Å². The van der Waals surface area contributed by atoms with Crippen LogP contribution < -0.4 is 14.8 Å². The Kier molecular flexibility index (Phi) is 6.84. The number of rotatable bonds is 8. The van der Waals surface area contributed by atoms with E-state index in [1.54, 1.807) is 7.11 Å². The van der Waals surface area contributed by atoms with E-state index in [4.69, 9.17) is 14.2 Å². The predicted molar refractivity (Wildman–Crippen MR) is 121 cm³/mol. The molecule has 1 aliphatic rings. The number of aromatic nitrogens is 1. The quantitative estimate of drug-likeness (QED) is 0.556. The predicted octanol–water partition coefficient (Wildman–Crippen LogP) is 4.61. The van der Waals surface area contributed by atoms with Crippen molar-refractivity contribution in [2.45, 2.75) is 32.4 Å². The Morgan fingerprint density at radius 1 is 1.23 bits per heavy atom. The molecule has 1 aromatic heterocycles. The van der Waals surface area contributed by atoms with Gasteiger partial charge >= 0.3 is 0 Å². The van der Waals surface area contributed by atoms with E-state index in [0.29, 0.717) is 29.5 Å². The number of ether oxygens (including phenoxy) is 3. The van der Waals surface area contributed by atoms with Crippen LogP contribution in [-0.4, -0.2) is 37.3 Å². The number of benzene rings is 2. The summed E-state index contributed by atoms with van der Waals surface area (Å²) in [5, 5.41) is 3.83. The average Bonchev–Trinajstić information content (AvgIpc) is 3.46. The third kappa shape index (κ3) is 5.24. The highest BCUT2D eigenvalue weighted by molar-refractivity contribution is 7.17. The fourth-order valence-corrected chi connectivity index (χ4v) is 4.46. The minimum atomic E-state index is -0.130. The molecule has 162 valence electrons. The van der Waals surface area contributed by atoms with Gasteiger partial charge in [0.05, 0.1) is 18.9 Å². The lowest BCUT2D eigenvalue weighted by atomic mass is 10.2. The Morgan fingerprint density at radius 3 is 2.81 bits per heavy atom. The molecule has 1 N–H and O–H groups in total. The zero-order valence-electron chi connectivity index (χ0n) is 17.7. The van der Waals surface area contributed by atoms with Gasteiger partial charge in [0.15, 0.2) is 11.5 Å². The third-order valence-electron chi connectivity index (χ3n) is 5.15. The first-order chi connectivity index (χ1) is 15.1. The first-order valence-corrected chi connectivity index (χ1v) is 11.2. The lowest BCUT2D eigenvalue weighted by Gasteiger charge is -2.15. The lowest BCUT2D eigenvalue weighted by molar-refractivity contribution is 0.0669. The second-order valence-corrected chi connectivity index (χ2v) is 8.41. The van der Waals surface area contributed by atoms with Crippen LogP contribution >= 0.6 is 11.3 Å². The summed E-state index contributed by atoms with van der Waals surface area (Å²) in [4.78, 5) is 17.9. The number of hydrogen-bond donors (Lipinski definition) is 1. The fraction of sp³-hybridized carbons (Fsp3) is 0.333. The van der Waals surface area contributed by atoms with Gasteiger partial charge in [-0.3, -0.25) is 4.79 Å². The minimum absolute atomic E-state index is 0.130. The maximum atomic E-state index is 12.7. The highest BCUT2D eigenvalue weighted by atomic mass is 32.1. The topological polar surface area (TPSA) is 69.7 Å². The third-order valence-corrected chi connectivity index (χ3v) is 6.36. The van der Waals surface area contributed by atoms with Gasteiger partial charge in [0.25, 0.3) is 5.91 Å². The number of aryl methyl sites for hydroxylation is 1. The van der Waals surface area contributed by atoms with Gasteiger partial charge in [-0.15, -0.1) is 11.3 Å². The lowest BCUT2D eigenvalue weighted by Crippen LogP contribution is -2.22. The number of thiazole rings is 1. The van der Waals surface area contributed by atoms with Gasteiger partial charge in [0.2, 0.25) is 0 Å². The van der Waals surface area contributed by atoms with Crippen molar-refractivity contribution in [2.24, 2.45) is 0 Å². The molecule has 0 aliphatic carbocycles. The van der Waals surface area contributed by atoms with Gasteiger partial charge in [-0.05, 0) is 37.5 Å². The molecule has 7 heteroatoms. The average molecular weight is 439 g/mol. The normalized spacial score (nSPS) is 15.6. The standard InChI is InChI=1S/C24H26N2O4S/c1-16-22(31-24(26-16)18-7-4-3-5-8-18)23(27)25-14-17-10-11-20(21(13-17)28-2)30-15-19-9-6-12-29-19/h3-5,7-8,10-11,13,19H,6,9,12,14-15H2,1-2H3,(H,25,27). The van der Waals surface area contributed by atoms with Crippen LogP contribution in [0.1, 0.15) is 33.8 Å².